The van der Waals surface area contributed by atoms with E-state index in [1.807, 2.05) is 0 Å². The van der Waals surface area contributed by atoms with Crippen LogP contribution < -0.4 is 0 Å². The molecule has 0 bridgehead atoms. The second kappa shape index (κ2) is 3.94. The molecule has 0 aliphatic carbocycles. The number of carboxylic acids is 1. The topological polar surface area (TPSA) is 71.4 Å². The van der Waals surface area contributed by atoms with Gasteiger partial charge in [0.2, 0.25) is 0 Å². The summed E-state index contributed by atoms with van der Waals surface area (Å²) in [5.41, 5.74) is 0.634. The van der Waals surface area contributed by atoms with Gasteiger partial charge in [0.05, 0.1) is 5.75 Å². The Hall–Kier alpha value is -0.880. The molecule has 0 saturated carbocycles. The summed E-state index contributed by atoms with van der Waals surface area (Å²) in [5.74, 6) is -1.55. The maximum Gasteiger partial charge on any atom is 0.324 e. The van der Waals surface area contributed by atoms with E-state index in [9.17, 15) is 13.2 Å². The molecule has 15 heavy (non-hydrogen) atoms. The van der Waals surface area contributed by atoms with Gasteiger partial charge in [-0.05, 0) is 36.2 Å². The molecule has 4 nitrogen and oxygen atoms in total. The lowest BCUT2D eigenvalue weighted by molar-refractivity contribution is -0.139. The number of hydrogen-bond acceptors (Lipinski definition) is 4. The van der Waals surface area contributed by atoms with Crippen LogP contribution in [0.1, 0.15) is 19.4 Å². The van der Waals surface area contributed by atoms with E-state index in [1.165, 1.54) is 25.2 Å². The Balaban J connectivity index is 2.99. The van der Waals surface area contributed by atoms with Crippen molar-refractivity contribution < 1.29 is 18.3 Å². The molecule has 1 N–H and O–H groups in total. The SMILES string of the molecule is CC(C)(C(=O)O)S(=O)(=O)Cc1ccsc1. The van der Waals surface area contributed by atoms with Gasteiger partial charge in [0.1, 0.15) is 0 Å². The molecule has 0 atom stereocenters. The highest BCUT2D eigenvalue weighted by molar-refractivity contribution is 7.92. The molecule has 0 aromatic carbocycles. The lowest BCUT2D eigenvalue weighted by Crippen LogP contribution is -2.41. The van der Waals surface area contributed by atoms with Crippen molar-refractivity contribution in [1.82, 2.24) is 0 Å². The molecule has 0 saturated heterocycles. The van der Waals surface area contributed by atoms with Gasteiger partial charge >= 0.3 is 5.97 Å². The van der Waals surface area contributed by atoms with Crippen LogP contribution >= 0.6 is 11.3 Å². The predicted octanol–water partition coefficient (Wildman–Crippen LogP) is 1.53. The molecule has 0 aliphatic heterocycles. The molecule has 1 heterocycles. The van der Waals surface area contributed by atoms with Crippen LogP contribution in [-0.2, 0) is 20.4 Å². The standard InChI is InChI=1S/C9H12O4S2/c1-9(2,8(10)11)15(12,13)6-7-3-4-14-5-7/h3-5H,6H2,1-2H3,(H,10,11). The van der Waals surface area contributed by atoms with E-state index in [2.05, 4.69) is 0 Å². The molecule has 1 aromatic heterocycles. The third-order valence-corrected chi connectivity index (χ3v) is 5.40. The fourth-order valence-electron chi connectivity index (χ4n) is 0.908. The van der Waals surface area contributed by atoms with Crippen LogP contribution in [0.2, 0.25) is 0 Å². The molecular weight excluding hydrogens is 236 g/mol. The lowest BCUT2D eigenvalue weighted by atomic mass is 10.2. The zero-order valence-corrected chi connectivity index (χ0v) is 10.1. The predicted molar refractivity (Wildman–Crippen MR) is 58.7 cm³/mol. The fraction of sp³-hybridized carbons (Fsp3) is 0.444. The third kappa shape index (κ3) is 2.38. The summed E-state index contributed by atoms with van der Waals surface area (Å²) in [5, 5.41) is 12.3. The second-order valence-corrected chi connectivity index (χ2v) is 7.02. The Bertz CT molecular complexity index is 442. The van der Waals surface area contributed by atoms with E-state index in [-0.39, 0.29) is 5.75 Å². The van der Waals surface area contributed by atoms with Crippen molar-refractivity contribution in [2.45, 2.75) is 24.3 Å². The minimum atomic E-state index is -3.67. The summed E-state index contributed by atoms with van der Waals surface area (Å²) in [4.78, 5) is 10.8. The van der Waals surface area contributed by atoms with Gasteiger partial charge in [-0.15, -0.1) is 0 Å². The third-order valence-electron chi connectivity index (χ3n) is 2.23. The van der Waals surface area contributed by atoms with Gasteiger partial charge in [0.25, 0.3) is 0 Å². The van der Waals surface area contributed by atoms with Crippen molar-refractivity contribution in [2.75, 3.05) is 0 Å². The van der Waals surface area contributed by atoms with Crippen LogP contribution in [-0.4, -0.2) is 24.2 Å². The van der Waals surface area contributed by atoms with Crippen molar-refractivity contribution in [1.29, 1.82) is 0 Å². The summed E-state index contributed by atoms with van der Waals surface area (Å²) < 4.78 is 21.8. The minimum Gasteiger partial charge on any atom is -0.480 e. The normalized spacial score (nSPS) is 12.7. The van der Waals surface area contributed by atoms with Gasteiger partial charge in [-0.2, -0.15) is 11.3 Å². The fourth-order valence-corrected chi connectivity index (χ4v) is 2.93. The van der Waals surface area contributed by atoms with Gasteiger partial charge in [0.15, 0.2) is 14.6 Å². The molecule has 1 aromatic rings. The monoisotopic (exact) mass is 248 g/mol. The largest absolute Gasteiger partial charge is 0.480 e. The van der Waals surface area contributed by atoms with Crippen molar-refractivity contribution >= 4 is 27.1 Å². The van der Waals surface area contributed by atoms with Crippen LogP contribution in [0, 0.1) is 0 Å². The summed E-state index contributed by atoms with van der Waals surface area (Å²) in [6.07, 6.45) is 0. The number of carbonyl (C=O) groups is 1. The molecular formula is C9H12O4S2. The average Bonchev–Trinajstić information content (AvgIpc) is 2.55. The van der Waals surface area contributed by atoms with Crippen LogP contribution in [0.15, 0.2) is 16.8 Å². The molecule has 0 radical (unpaired) electrons. The van der Waals surface area contributed by atoms with Crippen molar-refractivity contribution in [3.8, 4) is 0 Å². The van der Waals surface area contributed by atoms with Gasteiger partial charge < -0.3 is 5.11 Å². The first-order chi connectivity index (χ1) is 6.77. The van der Waals surface area contributed by atoms with Gasteiger partial charge in [0, 0.05) is 0 Å². The van der Waals surface area contributed by atoms with E-state index >= 15 is 0 Å². The number of sulfone groups is 1. The summed E-state index contributed by atoms with van der Waals surface area (Å²) in [7, 11) is -3.67. The minimum absolute atomic E-state index is 0.226. The molecule has 0 spiro atoms. The number of rotatable bonds is 4. The molecule has 84 valence electrons. The van der Waals surface area contributed by atoms with Crippen LogP contribution in [0.25, 0.3) is 0 Å². The van der Waals surface area contributed by atoms with E-state index < -0.39 is 20.6 Å². The van der Waals surface area contributed by atoms with Gasteiger partial charge in [-0.3, -0.25) is 4.79 Å². The van der Waals surface area contributed by atoms with Crippen molar-refractivity contribution in [3.05, 3.63) is 22.4 Å². The molecule has 6 heteroatoms. The Morgan fingerprint density at radius 2 is 2.13 bits per heavy atom. The van der Waals surface area contributed by atoms with Crippen molar-refractivity contribution in [3.63, 3.8) is 0 Å². The Labute approximate surface area is 92.5 Å². The molecule has 1 rings (SSSR count). The number of carboxylic acid groups (broad SMARTS) is 1. The van der Waals surface area contributed by atoms with Crippen LogP contribution in [0.5, 0.6) is 0 Å². The lowest BCUT2D eigenvalue weighted by Gasteiger charge is -2.19. The quantitative estimate of drug-likeness (QED) is 0.877. The molecule has 0 fully saturated rings. The van der Waals surface area contributed by atoms with Gasteiger partial charge in [-0.1, -0.05) is 0 Å². The highest BCUT2D eigenvalue weighted by Crippen LogP contribution is 2.22. The smallest absolute Gasteiger partial charge is 0.324 e. The summed E-state index contributed by atoms with van der Waals surface area (Å²) in [6, 6.07) is 1.68. The van der Waals surface area contributed by atoms with E-state index in [0.29, 0.717) is 5.56 Å². The number of thiophene rings is 1. The van der Waals surface area contributed by atoms with Crippen molar-refractivity contribution in [2.24, 2.45) is 0 Å². The van der Waals surface area contributed by atoms with E-state index in [1.54, 1.807) is 16.8 Å². The van der Waals surface area contributed by atoms with E-state index in [0.717, 1.165) is 0 Å². The first-order valence-corrected chi connectivity index (χ1v) is 6.83. The zero-order chi connectivity index (χ0) is 11.7. The molecule has 0 unspecified atom stereocenters. The average molecular weight is 248 g/mol. The Morgan fingerprint density at radius 3 is 2.53 bits per heavy atom. The highest BCUT2D eigenvalue weighted by atomic mass is 32.2. The number of hydrogen-bond donors (Lipinski definition) is 1. The Morgan fingerprint density at radius 1 is 1.53 bits per heavy atom. The number of aliphatic carboxylic acids is 1. The van der Waals surface area contributed by atoms with Crippen LogP contribution in [0.4, 0.5) is 0 Å². The summed E-state index contributed by atoms with van der Waals surface area (Å²) in [6.45, 7) is 2.41. The first kappa shape index (κ1) is 12.2. The first-order valence-electron chi connectivity index (χ1n) is 4.24. The summed E-state index contributed by atoms with van der Waals surface area (Å²) >= 11 is 1.39. The maximum absolute atomic E-state index is 11.8. The molecule has 0 amide bonds. The zero-order valence-electron chi connectivity index (χ0n) is 8.43. The Kier molecular flexibility index (Phi) is 3.20. The van der Waals surface area contributed by atoms with Crippen LogP contribution in [0.3, 0.4) is 0 Å². The molecule has 0 aliphatic rings. The maximum atomic E-state index is 11.8. The van der Waals surface area contributed by atoms with Gasteiger partial charge in [-0.25, -0.2) is 8.42 Å². The highest BCUT2D eigenvalue weighted by Gasteiger charge is 2.41. The van der Waals surface area contributed by atoms with E-state index in [4.69, 9.17) is 5.11 Å². The second-order valence-electron chi connectivity index (χ2n) is 3.71.